The lowest BCUT2D eigenvalue weighted by molar-refractivity contribution is -0.394. The maximum absolute atomic E-state index is 14.1. The van der Waals surface area contributed by atoms with Crippen LogP contribution in [-0.4, -0.2) is 71.5 Å². The highest BCUT2D eigenvalue weighted by molar-refractivity contribution is 5.19. The molecular weight excluding hydrogens is 504 g/mol. The number of hydrazine groups is 1. The zero-order valence-electron chi connectivity index (χ0n) is 18.1. The summed E-state index contributed by atoms with van der Waals surface area (Å²) in [5.74, 6) is 0. The minimum Gasteiger partial charge on any atom is -0.362 e. The van der Waals surface area contributed by atoms with Gasteiger partial charge in [0, 0.05) is 26.1 Å². The molecule has 0 aromatic carbocycles. The third-order valence-corrected chi connectivity index (χ3v) is 5.99. The van der Waals surface area contributed by atoms with E-state index in [2.05, 4.69) is 0 Å². The van der Waals surface area contributed by atoms with E-state index in [1.807, 2.05) is 0 Å². The number of nitrogens with zero attached hydrogens (tertiary/aromatic N) is 2. The summed E-state index contributed by atoms with van der Waals surface area (Å²) in [6, 6.07) is 0. The third-order valence-electron chi connectivity index (χ3n) is 5.99. The summed E-state index contributed by atoms with van der Waals surface area (Å²) < 4.78 is 178. The molecule has 0 aliphatic carbocycles. The van der Waals surface area contributed by atoms with Gasteiger partial charge in [-0.2, -0.15) is 62.7 Å². The maximum atomic E-state index is 14.1. The second-order valence-electron chi connectivity index (χ2n) is 8.17. The largest absolute Gasteiger partial charge is 0.417 e. The first-order valence-electron chi connectivity index (χ1n) is 10.4. The van der Waals surface area contributed by atoms with Crippen LogP contribution in [0.3, 0.4) is 0 Å². The van der Waals surface area contributed by atoms with E-state index >= 15 is 0 Å². The van der Waals surface area contributed by atoms with Crippen molar-refractivity contribution in [2.24, 2.45) is 0 Å². The van der Waals surface area contributed by atoms with Gasteiger partial charge in [0.25, 0.3) is 0 Å². The van der Waals surface area contributed by atoms with Gasteiger partial charge in [-0.25, -0.2) is 0 Å². The van der Waals surface area contributed by atoms with E-state index in [4.69, 9.17) is 9.47 Å². The molecule has 0 N–H and O–H groups in total. The summed E-state index contributed by atoms with van der Waals surface area (Å²) in [5.41, 5.74) is -10.2. The Morgan fingerprint density at radius 3 is 1.06 bits per heavy atom. The molecule has 2 aliphatic heterocycles. The molecule has 202 valence electrons. The Bertz CT molecular complexity index is 602. The molecule has 2 atom stereocenters. The van der Waals surface area contributed by atoms with Gasteiger partial charge in [0.05, 0.1) is 0 Å². The van der Waals surface area contributed by atoms with Crippen molar-refractivity contribution >= 4 is 0 Å². The number of rotatable bonds is 8. The lowest BCUT2D eigenvalue weighted by Crippen LogP contribution is -2.71. The van der Waals surface area contributed by atoms with Crippen molar-refractivity contribution in [1.82, 2.24) is 10.0 Å². The predicted molar refractivity (Wildman–Crippen MR) is 91.9 cm³/mol. The van der Waals surface area contributed by atoms with Gasteiger partial charge in [0.1, 0.15) is 12.5 Å². The standard InChI is InChI=1S/C18H24F12N2O2/c1-3-5-7-33-11-9-13(15(19,20)21,16(22,23)24)32-12(34-8-6-4-2)10-14(31(11)32,17(25,26)27)18(28,29)30/h11-12H,3-10H2,1-2H3. The lowest BCUT2D eigenvalue weighted by Gasteiger charge is -2.45. The first-order chi connectivity index (χ1) is 15.3. The van der Waals surface area contributed by atoms with Crippen LogP contribution in [0.4, 0.5) is 52.7 Å². The molecule has 0 aromatic heterocycles. The molecule has 4 nitrogen and oxygen atoms in total. The molecule has 2 rings (SSSR count). The van der Waals surface area contributed by atoms with Crippen LogP contribution in [0.2, 0.25) is 0 Å². The van der Waals surface area contributed by atoms with Gasteiger partial charge in [-0.3, -0.25) is 0 Å². The molecule has 2 fully saturated rings. The summed E-state index contributed by atoms with van der Waals surface area (Å²) in [5, 5.41) is -1.92. The Kier molecular flexibility index (Phi) is 8.14. The molecule has 0 bridgehead atoms. The average Bonchev–Trinajstić information content (AvgIpc) is 3.16. The highest BCUT2D eigenvalue weighted by Gasteiger charge is 2.89. The smallest absolute Gasteiger partial charge is 0.362 e. The summed E-state index contributed by atoms with van der Waals surface area (Å²) in [7, 11) is 0. The molecule has 16 heteroatoms. The summed E-state index contributed by atoms with van der Waals surface area (Å²) in [4.78, 5) is 0. The average molecular weight is 528 g/mol. The SMILES string of the molecule is CCCCOC1CC(C(F)(F)F)(C(F)(F)F)N2C(OCCCC)CC(C(F)(F)F)(C(F)(F)F)N12. The zero-order chi connectivity index (χ0) is 26.4. The second kappa shape index (κ2) is 9.47. The van der Waals surface area contributed by atoms with Crippen LogP contribution in [0, 0.1) is 0 Å². The number of alkyl halides is 12. The van der Waals surface area contributed by atoms with Crippen LogP contribution >= 0.6 is 0 Å². The molecule has 0 aromatic rings. The van der Waals surface area contributed by atoms with E-state index in [0.29, 0.717) is 0 Å². The van der Waals surface area contributed by atoms with Gasteiger partial charge < -0.3 is 9.47 Å². The fourth-order valence-electron chi connectivity index (χ4n) is 4.29. The zero-order valence-corrected chi connectivity index (χ0v) is 18.1. The highest BCUT2D eigenvalue weighted by atomic mass is 19.4. The fraction of sp³-hybridized carbons (Fsp3) is 1.00. The first-order valence-corrected chi connectivity index (χ1v) is 10.4. The van der Waals surface area contributed by atoms with E-state index < -0.39 is 84.3 Å². The van der Waals surface area contributed by atoms with Crippen LogP contribution < -0.4 is 0 Å². The third kappa shape index (κ3) is 4.47. The Morgan fingerprint density at radius 1 is 0.588 bits per heavy atom. The molecule has 2 aliphatic rings. The molecule has 0 amide bonds. The Labute approximate surface area is 187 Å². The Morgan fingerprint density at radius 2 is 0.853 bits per heavy atom. The van der Waals surface area contributed by atoms with Gasteiger partial charge in [-0.1, -0.05) is 26.7 Å². The van der Waals surface area contributed by atoms with Crippen molar-refractivity contribution in [3.8, 4) is 0 Å². The molecule has 2 saturated heterocycles. The van der Waals surface area contributed by atoms with Crippen molar-refractivity contribution in [2.45, 2.75) is 101 Å². The molecule has 0 spiro atoms. The number of halogens is 12. The summed E-state index contributed by atoms with van der Waals surface area (Å²) in [6.07, 6.45) is -34.9. The van der Waals surface area contributed by atoms with Crippen LogP contribution in [0.25, 0.3) is 0 Å². The normalized spacial score (nSPS) is 26.3. The maximum Gasteiger partial charge on any atom is 0.417 e. The topological polar surface area (TPSA) is 24.9 Å². The molecule has 2 unspecified atom stereocenters. The van der Waals surface area contributed by atoms with Crippen molar-refractivity contribution in [2.75, 3.05) is 13.2 Å². The molecule has 0 saturated carbocycles. The molecule has 2 heterocycles. The minimum absolute atomic E-state index is 0.0170. The quantitative estimate of drug-likeness (QED) is 0.272. The van der Waals surface area contributed by atoms with E-state index in [0.717, 1.165) is 0 Å². The number of hydrogen-bond acceptors (Lipinski definition) is 4. The van der Waals surface area contributed by atoms with Crippen molar-refractivity contribution in [1.29, 1.82) is 0 Å². The van der Waals surface area contributed by atoms with Crippen LogP contribution in [0.5, 0.6) is 0 Å². The number of ether oxygens (including phenoxy) is 2. The minimum atomic E-state index is -6.31. The van der Waals surface area contributed by atoms with Crippen LogP contribution in [0.1, 0.15) is 52.4 Å². The molecular formula is C18H24F12N2O2. The second-order valence-corrected chi connectivity index (χ2v) is 8.17. The van der Waals surface area contributed by atoms with E-state index in [-0.39, 0.29) is 25.7 Å². The number of unbranched alkanes of at least 4 members (excludes halogenated alkanes) is 2. The summed E-state index contributed by atoms with van der Waals surface area (Å²) in [6.45, 7) is 1.77. The van der Waals surface area contributed by atoms with Crippen molar-refractivity contribution in [3.05, 3.63) is 0 Å². The van der Waals surface area contributed by atoms with Crippen LogP contribution in [-0.2, 0) is 9.47 Å². The van der Waals surface area contributed by atoms with Gasteiger partial charge in [0.2, 0.25) is 11.1 Å². The van der Waals surface area contributed by atoms with Gasteiger partial charge in [-0.05, 0) is 12.8 Å². The monoisotopic (exact) mass is 528 g/mol. The van der Waals surface area contributed by atoms with Gasteiger partial charge >= 0.3 is 24.7 Å². The Hall–Kier alpha value is -1.00. The van der Waals surface area contributed by atoms with Crippen molar-refractivity contribution in [3.63, 3.8) is 0 Å². The highest BCUT2D eigenvalue weighted by Crippen LogP contribution is 2.65. The van der Waals surface area contributed by atoms with E-state index in [1.54, 1.807) is 0 Å². The predicted octanol–water partition coefficient (Wildman–Crippen LogP) is 6.33. The van der Waals surface area contributed by atoms with Crippen LogP contribution in [0.15, 0.2) is 0 Å². The lowest BCUT2D eigenvalue weighted by atomic mass is 9.89. The van der Waals surface area contributed by atoms with Crippen molar-refractivity contribution < 1.29 is 62.2 Å². The number of fused-ring (bicyclic) bond motifs is 1. The van der Waals surface area contributed by atoms with E-state index in [1.165, 1.54) is 13.8 Å². The Balaban J connectivity index is 2.82. The number of hydrogen-bond donors (Lipinski definition) is 0. The summed E-state index contributed by atoms with van der Waals surface area (Å²) >= 11 is 0. The van der Waals surface area contributed by atoms with E-state index in [9.17, 15) is 52.7 Å². The van der Waals surface area contributed by atoms with Gasteiger partial charge in [0.15, 0.2) is 0 Å². The first kappa shape index (κ1) is 29.2. The molecule has 0 radical (unpaired) electrons. The fourth-order valence-corrected chi connectivity index (χ4v) is 4.29. The van der Waals surface area contributed by atoms with Gasteiger partial charge in [-0.15, -0.1) is 0 Å². The molecule has 34 heavy (non-hydrogen) atoms.